The Bertz CT molecular complexity index is 338. The van der Waals surface area contributed by atoms with Crippen molar-refractivity contribution in [1.82, 2.24) is 10.2 Å². The van der Waals surface area contributed by atoms with E-state index in [9.17, 15) is 0 Å². The number of hydrogen-bond donors (Lipinski definition) is 1. The molecule has 100 valence electrons. The molecule has 0 spiro atoms. The number of nitrogens with zero attached hydrogens (tertiary/aromatic N) is 2. The Hall–Kier alpha value is -0.580. The number of piperidine rings is 1. The smallest absolute Gasteiger partial charge is 0.0909 e. The van der Waals surface area contributed by atoms with Crippen LogP contribution in [0.25, 0.3) is 0 Å². The highest BCUT2D eigenvalue weighted by Crippen LogP contribution is 2.23. The minimum atomic E-state index is 0.930. The number of thiophene rings is 1. The van der Waals surface area contributed by atoms with Gasteiger partial charge in [-0.15, -0.1) is 11.3 Å². The molecule has 18 heavy (non-hydrogen) atoms. The van der Waals surface area contributed by atoms with Gasteiger partial charge in [-0.2, -0.15) is 0 Å². The number of hydrogen-bond acceptors (Lipinski definition) is 4. The van der Waals surface area contributed by atoms with Crippen LogP contribution in [0.4, 0.5) is 5.00 Å². The number of rotatable bonds is 3. The van der Waals surface area contributed by atoms with Gasteiger partial charge in [0.05, 0.1) is 5.00 Å². The summed E-state index contributed by atoms with van der Waals surface area (Å²) in [5, 5.41) is 7.07. The first-order valence-corrected chi connectivity index (χ1v) is 8.01. The van der Waals surface area contributed by atoms with E-state index < -0.39 is 0 Å². The fourth-order valence-corrected chi connectivity index (χ4v) is 3.82. The van der Waals surface area contributed by atoms with Crippen molar-refractivity contribution in [2.45, 2.75) is 12.8 Å². The predicted octanol–water partition coefficient (Wildman–Crippen LogP) is 1.87. The molecule has 2 aliphatic heterocycles. The molecular weight excluding hydrogens is 242 g/mol. The Morgan fingerprint density at radius 2 is 1.94 bits per heavy atom. The van der Waals surface area contributed by atoms with Gasteiger partial charge >= 0.3 is 0 Å². The molecule has 4 heteroatoms. The first kappa shape index (κ1) is 12.5. The zero-order chi connectivity index (χ0) is 12.2. The molecule has 0 bridgehead atoms. The van der Waals surface area contributed by atoms with Gasteiger partial charge in [-0.1, -0.05) is 0 Å². The molecule has 2 fully saturated rings. The molecule has 1 aromatic rings. The lowest BCUT2D eigenvalue weighted by atomic mass is 9.97. The molecule has 0 atom stereocenters. The van der Waals surface area contributed by atoms with Gasteiger partial charge in [-0.05, 0) is 49.4 Å². The summed E-state index contributed by atoms with van der Waals surface area (Å²) in [6, 6.07) is 4.40. The van der Waals surface area contributed by atoms with E-state index in [1.165, 1.54) is 63.7 Å². The highest BCUT2D eigenvalue weighted by atomic mass is 32.1. The minimum absolute atomic E-state index is 0.930. The van der Waals surface area contributed by atoms with Crippen LogP contribution < -0.4 is 10.2 Å². The van der Waals surface area contributed by atoms with Crippen LogP contribution in [0.2, 0.25) is 0 Å². The van der Waals surface area contributed by atoms with Gasteiger partial charge in [0, 0.05) is 32.7 Å². The van der Waals surface area contributed by atoms with Crippen molar-refractivity contribution >= 4 is 16.3 Å². The molecule has 0 radical (unpaired) electrons. The Morgan fingerprint density at radius 1 is 1.17 bits per heavy atom. The molecule has 0 aromatic carbocycles. The van der Waals surface area contributed by atoms with E-state index in [1.54, 1.807) is 0 Å². The maximum atomic E-state index is 3.45. The van der Waals surface area contributed by atoms with Crippen LogP contribution in [0.3, 0.4) is 0 Å². The quantitative estimate of drug-likeness (QED) is 0.900. The summed E-state index contributed by atoms with van der Waals surface area (Å²) in [4.78, 5) is 5.20. The second kappa shape index (κ2) is 6.04. The topological polar surface area (TPSA) is 18.5 Å². The van der Waals surface area contributed by atoms with Gasteiger partial charge in [0.15, 0.2) is 0 Å². The van der Waals surface area contributed by atoms with E-state index in [2.05, 4.69) is 32.6 Å². The lowest BCUT2D eigenvalue weighted by Crippen LogP contribution is -2.48. The highest BCUT2D eigenvalue weighted by molar-refractivity contribution is 7.14. The molecular formula is C14H23N3S. The molecule has 2 aliphatic rings. The lowest BCUT2D eigenvalue weighted by molar-refractivity contribution is 0.196. The van der Waals surface area contributed by atoms with E-state index in [0.29, 0.717) is 0 Å². The highest BCUT2D eigenvalue weighted by Gasteiger charge is 2.21. The summed E-state index contributed by atoms with van der Waals surface area (Å²) in [5.74, 6) is 0.930. The van der Waals surface area contributed by atoms with Gasteiger partial charge in [0.2, 0.25) is 0 Å². The zero-order valence-electron chi connectivity index (χ0n) is 11.0. The van der Waals surface area contributed by atoms with Crippen LogP contribution in [-0.4, -0.2) is 50.7 Å². The van der Waals surface area contributed by atoms with Crippen molar-refractivity contribution in [1.29, 1.82) is 0 Å². The Kier molecular flexibility index (Phi) is 4.18. The summed E-state index contributed by atoms with van der Waals surface area (Å²) < 4.78 is 0. The van der Waals surface area contributed by atoms with Gasteiger partial charge in [-0.3, -0.25) is 4.90 Å². The van der Waals surface area contributed by atoms with E-state index in [1.807, 2.05) is 11.3 Å². The predicted molar refractivity (Wildman–Crippen MR) is 78.6 cm³/mol. The summed E-state index contributed by atoms with van der Waals surface area (Å²) >= 11 is 1.87. The normalized spacial score (nSPS) is 23.4. The summed E-state index contributed by atoms with van der Waals surface area (Å²) in [6.07, 6.45) is 2.73. The molecule has 0 amide bonds. The van der Waals surface area contributed by atoms with Crippen LogP contribution in [0.1, 0.15) is 12.8 Å². The summed E-state index contributed by atoms with van der Waals surface area (Å²) in [6.45, 7) is 8.64. The Balaban J connectivity index is 1.45. The van der Waals surface area contributed by atoms with E-state index in [4.69, 9.17) is 0 Å². The summed E-state index contributed by atoms with van der Waals surface area (Å²) in [5.41, 5.74) is 0. The van der Waals surface area contributed by atoms with Crippen LogP contribution in [-0.2, 0) is 0 Å². The first-order chi connectivity index (χ1) is 8.92. The van der Waals surface area contributed by atoms with Crippen molar-refractivity contribution in [2.24, 2.45) is 5.92 Å². The molecule has 3 nitrogen and oxygen atoms in total. The van der Waals surface area contributed by atoms with Gasteiger partial charge < -0.3 is 10.2 Å². The van der Waals surface area contributed by atoms with Crippen LogP contribution in [0, 0.1) is 5.92 Å². The number of anilines is 1. The van der Waals surface area contributed by atoms with Crippen molar-refractivity contribution in [3.05, 3.63) is 17.5 Å². The number of piperazine rings is 1. The maximum absolute atomic E-state index is 3.45. The van der Waals surface area contributed by atoms with Crippen molar-refractivity contribution in [3.63, 3.8) is 0 Å². The van der Waals surface area contributed by atoms with Gasteiger partial charge in [0.25, 0.3) is 0 Å². The molecule has 1 aromatic heterocycles. The molecule has 0 unspecified atom stereocenters. The second-order valence-corrected chi connectivity index (χ2v) is 6.36. The Morgan fingerprint density at radius 3 is 2.61 bits per heavy atom. The number of nitrogens with one attached hydrogen (secondary N) is 1. The van der Waals surface area contributed by atoms with Crippen molar-refractivity contribution in [3.8, 4) is 0 Å². The molecule has 3 heterocycles. The standard InChI is InChI=1S/C14H23N3S/c1-2-14(18-11-1)17-9-7-16(8-10-17)12-13-3-5-15-6-4-13/h1-2,11,13,15H,3-10,12H2. The fourth-order valence-electron chi connectivity index (χ4n) is 3.03. The Labute approximate surface area is 114 Å². The molecule has 0 aliphatic carbocycles. The second-order valence-electron chi connectivity index (χ2n) is 5.43. The molecule has 3 rings (SSSR count). The zero-order valence-corrected chi connectivity index (χ0v) is 11.8. The fraction of sp³-hybridized carbons (Fsp3) is 0.714. The lowest BCUT2D eigenvalue weighted by Gasteiger charge is -2.37. The van der Waals surface area contributed by atoms with Crippen molar-refractivity contribution < 1.29 is 0 Å². The minimum Gasteiger partial charge on any atom is -0.361 e. The SMILES string of the molecule is c1csc(N2CCN(CC3CCNCC3)CC2)c1. The average molecular weight is 265 g/mol. The molecule has 1 N–H and O–H groups in total. The van der Waals surface area contributed by atoms with Crippen molar-refractivity contribution in [2.75, 3.05) is 50.7 Å². The van der Waals surface area contributed by atoms with E-state index in [0.717, 1.165) is 5.92 Å². The van der Waals surface area contributed by atoms with Crippen LogP contribution in [0.15, 0.2) is 17.5 Å². The monoisotopic (exact) mass is 265 g/mol. The largest absolute Gasteiger partial charge is 0.361 e. The van der Waals surface area contributed by atoms with Crippen LogP contribution in [0.5, 0.6) is 0 Å². The molecule has 0 saturated carbocycles. The maximum Gasteiger partial charge on any atom is 0.0909 e. The third kappa shape index (κ3) is 3.05. The van der Waals surface area contributed by atoms with E-state index >= 15 is 0 Å². The molecule has 2 saturated heterocycles. The average Bonchev–Trinajstić information content (AvgIpc) is 2.95. The first-order valence-electron chi connectivity index (χ1n) is 7.13. The van der Waals surface area contributed by atoms with Gasteiger partial charge in [0.1, 0.15) is 0 Å². The van der Waals surface area contributed by atoms with Crippen LogP contribution >= 0.6 is 11.3 Å². The van der Waals surface area contributed by atoms with E-state index in [-0.39, 0.29) is 0 Å². The third-order valence-corrected chi connectivity index (χ3v) is 5.09. The third-order valence-electron chi connectivity index (χ3n) is 4.17. The summed E-state index contributed by atoms with van der Waals surface area (Å²) in [7, 11) is 0. The van der Waals surface area contributed by atoms with Gasteiger partial charge in [-0.25, -0.2) is 0 Å².